The van der Waals surface area contributed by atoms with Crippen LogP contribution in [-0.4, -0.2) is 32.3 Å². The average Bonchev–Trinajstić information content (AvgIpc) is 2.30. The van der Waals surface area contributed by atoms with Gasteiger partial charge in [0.05, 0.1) is 0 Å². The zero-order valence-electron chi connectivity index (χ0n) is 11.6. The number of rotatable bonds is 8. The second-order valence-electron chi connectivity index (χ2n) is 4.21. The molecule has 0 rings (SSSR count). The number of halogens is 4. The SMILES string of the molecule is CCCCCNC(=NC)NCCCCC(F)(F)F.I. The van der Waals surface area contributed by atoms with Gasteiger partial charge in [0.1, 0.15) is 0 Å². The largest absolute Gasteiger partial charge is 0.389 e. The third-order valence-electron chi connectivity index (χ3n) is 2.48. The van der Waals surface area contributed by atoms with E-state index in [1.807, 2.05) is 0 Å². The minimum Gasteiger partial charge on any atom is -0.356 e. The van der Waals surface area contributed by atoms with E-state index in [2.05, 4.69) is 22.5 Å². The maximum Gasteiger partial charge on any atom is 0.389 e. The molecule has 0 saturated heterocycles. The van der Waals surface area contributed by atoms with E-state index in [9.17, 15) is 13.2 Å². The van der Waals surface area contributed by atoms with Gasteiger partial charge in [-0.1, -0.05) is 19.8 Å². The maximum absolute atomic E-state index is 11.9. The summed E-state index contributed by atoms with van der Waals surface area (Å²) >= 11 is 0. The monoisotopic (exact) mass is 395 g/mol. The van der Waals surface area contributed by atoms with Gasteiger partial charge >= 0.3 is 6.18 Å². The lowest BCUT2D eigenvalue weighted by Crippen LogP contribution is -2.38. The number of nitrogens with one attached hydrogen (secondary N) is 2. The number of hydrogen-bond acceptors (Lipinski definition) is 1. The Hall–Kier alpha value is -0.210. The van der Waals surface area contributed by atoms with E-state index in [0.29, 0.717) is 18.9 Å². The minimum atomic E-state index is -4.04. The van der Waals surface area contributed by atoms with E-state index in [4.69, 9.17) is 0 Å². The minimum absolute atomic E-state index is 0. The van der Waals surface area contributed by atoms with Crippen LogP contribution in [0.4, 0.5) is 13.2 Å². The summed E-state index contributed by atoms with van der Waals surface area (Å²) in [6.07, 6.45) is -0.707. The topological polar surface area (TPSA) is 36.4 Å². The lowest BCUT2D eigenvalue weighted by molar-refractivity contribution is -0.135. The van der Waals surface area contributed by atoms with E-state index in [0.717, 1.165) is 25.8 Å². The van der Waals surface area contributed by atoms with Crippen molar-refractivity contribution >= 4 is 29.9 Å². The quantitative estimate of drug-likeness (QED) is 0.285. The number of unbranched alkanes of at least 4 members (excludes halogenated alkanes) is 3. The van der Waals surface area contributed by atoms with Crippen LogP contribution in [0.2, 0.25) is 0 Å². The molecule has 0 radical (unpaired) electrons. The molecule has 3 nitrogen and oxygen atoms in total. The fraction of sp³-hybridized carbons (Fsp3) is 0.917. The van der Waals surface area contributed by atoms with Crippen molar-refractivity contribution in [3.05, 3.63) is 0 Å². The van der Waals surface area contributed by atoms with Gasteiger partial charge in [-0.15, -0.1) is 24.0 Å². The Morgan fingerprint density at radius 3 is 1.95 bits per heavy atom. The van der Waals surface area contributed by atoms with E-state index >= 15 is 0 Å². The predicted molar refractivity (Wildman–Crippen MR) is 84.2 cm³/mol. The van der Waals surface area contributed by atoms with Crippen LogP contribution in [0.3, 0.4) is 0 Å². The molecule has 0 aromatic rings. The van der Waals surface area contributed by atoms with Crippen LogP contribution in [-0.2, 0) is 0 Å². The Morgan fingerprint density at radius 1 is 1.00 bits per heavy atom. The molecule has 0 heterocycles. The number of hydrogen-bond donors (Lipinski definition) is 2. The van der Waals surface area contributed by atoms with Crippen LogP contribution in [0, 0.1) is 0 Å². The zero-order chi connectivity index (χ0) is 13.9. The van der Waals surface area contributed by atoms with Gasteiger partial charge in [0.15, 0.2) is 5.96 Å². The van der Waals surface area contributed by atoms with Crippen molar-refractivity contribution in [1.82, 2.24) is 10.6 Å². The van der Waals surface area contributed by atoms with Gasteiger partial charge in [0.2, 0.25) is 0 Å². The first-order chi connectivity index (χ1) is 8.49. The molecule has 0 bridgehead atoms. The highest BCUT2D eigenvalue weighted by atomic mass is 127. The van der Waals surface area contributed by atoms with Gasteiger partial charge in [-0.2, -0.15) is 13.2 Å². The van der Waals surface area contributed by atoms with Crippen LogP contribution in [0.5, 0.6) is 0 Å². The Balaban J connectivity index is 0. The Labute approximate surface area is 130 Å². The highest BCUT2D eigenvalue weighted by molar-refractivity contribution is 14.0. The van der Waals surface area contributed by atoms with Gasteiger partial charge < -0.3 is 10.6 Å². The lowest BCUT2D eigenvalue weighted by Gasteiger charge is -2.12. The van der Waals surface area contributed by atoms with Crippen molar-refractivity contribution in [2.24, 2.45) is 4.99 Å². The predicted octanol–water partition coefficient (Wildman–Crippen LogP) is 3.69. The molecule has 0 unspecified atom stereocenters. The molecule has 0 aromatic heterocycles. The van der Waals surface area contributed by atoms with Crippen LogP contribution in [0.15, 0.2) is 4.99 Å². The molecule has 0 aliphatic heterocycles. The van der Waals surface area contributed by atoms with Crippen molar-refractivity contribution in [3.8, 4) is 0 Å². The lowest BCUT2D eigenvalue weighted by atomic mass is 10.2. The van der Waals surface area contributed by atoms with E-state index < -0.39 is 12.6 Å². The molecular formula is C12H25F3IN3. The molecule has 0 spiro atoms. The fourth-order valence-corrected chi connectivity index (χ4v) is 1.46. The molecule has 0 atom stereocenters. The van der Waals surface area contributed by atoms with Gasteiger partial charge in [-0.25, -0.2) is 0 Å². The van der Waals surface area contributed by atoms with Gasteiger partial charge in [-0.05, 0) is 19.3 Å². The maximum atomic E-state index is 11.9. The van der Waals surface area contributed by atoms with Crippen molar-refractivity contribution in [2.45, 2.75) is 51.6 Å². The van der Waals surface area contributed by atoms with E-state index in [1.165, 1.54) is 0 Å². The van der Waals surface area contributed by atoms with Gasteiger partial charge in [-0.3, -0.25) is 4.99 Å². The van der Waals surface area contributed by atoms with Crippen molar-refractivity contribution in [3.63, 3.8) is 0 Å². The summed E-state index contributed by atoms with van der Waals surface area (Å²) in [6.45, 7) is 3.49. The molecule has 2 N–H and O–H groups in total. The molecule has 0 aliphatic rings. The Kier molecular flexibility index (Phi) is 14.2. The first-order valence-electron chi connectivity index (χ1n) is 6.51. The fourth-order valence-electron chi connectivity index (χ4n) is 1.46. The molecule has 0 saturated carbocycles. The van der Waals surface area contributed by atoms with E-state index in [1.54, 1.807) is 7.05 Å². The number of guanidine groups is 1. The van der Waals surface area contributed by atoms with Crippen LogP contribution in [0.1, 0.15) is 45.4 Å². The molecule has 0 aromatic carbocycles. The van der Waals surface area contributed by atoms with Gasteiger partial charge in [0.25, 0.3) is 0 Å². The first-order valence-corrected chi connectivity index (χ1v) is 6.51. The number of nitrogens with zero attached hydrogens (tertiary/aromatic N) is 1. The van der Waals surface area contributed by atoms with Crippen molar-refractivity contribution < 1.29 is 13.2 Å². The molecule has 0 aliphatic carbocycles. The third kappa shape index (κ3) is 15.7. The van der Waals surface area contributed by atoms with Crippen molar-refractivity contribution in [1.29, 1.82) is 0 Å². The Morgan fingerprint density at radius 2 is 1.53 bits per heavy atom. The van der Waals surface area contributed by atoms with Crippen LogP contribution >= 0.6 is 24.0 Å². The molecule has 19 heavy (non-hydrogen) atoms. The summed E-state index contributed by atoms with van der Waals surface area (Å²) in [5.74, 6) is 0.665. The summed E-state index contributed by atoms with van der Waals surface area (Å²) in [5, 5.41) is 6.13. The molecular weight excluding hydrogens is 370 g/mol. The standard InChI is InChI=1S/C12H24F3N3.HI/c1-3-4-6-9-17-11(16-2)18-10-7-5-8-12(13,14)15;/h3-10H2,1-2H3,(H2,16,17,18);1H. The van der Waals surface area contributed by atoms with Gasteiger partial charge in [0, 0.05) is 26.6 Å². The summed E-state index contributed by atoms with van der Waals surface area (Å²) in [4.78, 5) is 4.00. The number of aliphatic imine (C=N–C) groups is 1. The second kappa shape index (κ2) is 12.8. The first kappa shape index (κ1) is 21.1. The van der Waals surface area contributed by atoms with Crippen LogP contribution in [0.25, 0.3) is 0 Å². The normalized spacial score (nSPS) is 11.9. The second-order valence-corrected chi connectivity index (χ2v) is 4.21. The highest BCUT2D eigenvalue weighted by Gasteiger charge is 2.25. The average molecular weight is 395 g/mol. The Bertz CT molecular complexity index is 233. The molecule has 116 valence electrons. The summed E-state index contributed by atoms with van der Waals surface area (Å²) in [6, 6.07) is 0. The smallest absolute Gasteiger partial charge is 0.356 e. The summed E-state index contributed by atoms with van der Waals surface area (Å²) < 4.78 is 35.7. The third-order valence-corrected chi connectivity index (χ3v) is 2.48. The molecule has 0 amide bonds. The van der Waals surface area contributed by atoms with Crippen LogP contribution < -0.4 is 10.6 Å². The number of alkyl halides is 3. The zero-order valence-corrected chi connectivity index (χ0v) is 14.0. The van der Waals surface area contributed by atoms with Crippen molar-refractivity contribution in [2.75, 3.05) is 20.1 Å². The summed E-state index contributed by atoms with van der Waals surface area (Å²) in [5.41, 5.74) is 0. The molecule has 0 fully saturated rings. The molecule has 7 heteroatoms. The summed E-state index contributed by atoms with van der Waals surface area (Å²) in [7, 11) is 1.66. The van der Waals surface area contributed by atoms with E-state index in [-0.39, 0.29) is 30.4 Å². The highest BCUT2D eigenvalue weighted by Crippen LogP contribution is 2.21.